The van der Waals surface area contributed by atoms with Gasteiger partial charge in [-0.25, -0.2) is 4.39 Å². The van der Waals surface area contributed by atoms with Gasteiger partial charge in [0.1, 0.15) is 11.4 Å². The predicted octanol–water partition coefficient (Wildman–Crippen LogP) is 1.27. The van der Waals surface area contributed by atoms with Crippen LogP contribution in [0.1, 0.15) is 6.42 Å². The number of nitrogens with zero attached hydrogens (tertiary/aromatic N) is 1. The largest absolute Gasteiger partial charge is 0.506 e. The number of nitrogens with two attached hydrogens (primary N) is 1. The van der Waals surface area contributed by atoms with E-state index < -0.39 is 5.67 Å². The van der Waals surface area contributed by atoms with Gasteiger partial charge in [0, 0.05) is 19.5 Å². The van der Waals surface area contributed by atoms with Crippen molar-refractivity contribution >= 4 is 5.69 Å². The third-order valence-corrected chi connectivity index (χ3v) is 2.89. The van der Waals surface area contributed by atoms with Crippen molar-refractivity contribution in [2.45, 2.75) is 12.1 Å². The summed E-state index contributed by atoms with van der Waals surface area (Å²) in [7, 11) is 0. The van der Waals surface area contributed by atoms with Gasteiger partial charge in [-0.05, 0) is 12.1 Å². The molecule has 3 N–H and O–H groups in total. The van der Waals surface area contributed by atoms with Crippen LogP contribution in [0.15, 0.2) is 24.3 Å². The average molecular weight is 210 g/mol. The number of rotatable bonds is 2. The van der Waals surface area contributed by atoms with Gasteiger partial charge in [0.05, 0.1) is 12.2 Å². The number of hydrogen-bond acceptors (Lipinski definition) is 3. The van der Waals surface area contributed by atoms with Crippen molar-refractivity contribution in [2.24, 2.45) is 5.73 Å². The third-order valence-electron chi connectivity index (χ3n) is 2.89. The van der Waals surface area contributed by atoms with Crippen molar-refractivity contribution in [3.05, 3.63) is 24.3 Å². The fraction of sp³-hybridized carbons (Fsp3) is 0.455. The Bertz CT molecular complexity index is 358. The predicted molar refractivity (Wildman–Crippen MR) is 57.8 cm³/mol. The highest BCUT2D eigenvalue weighted by atomic mass is 19.1. The summed E-state index contributed by atoms with van der Waals surface area (Å²) in [5, 5.41) is 9.62. The lowest BCUT2D eigenvalue weighted by Crippen LogP contribution is -2.36. The number of halogens is 1. The SMILES string of the molecule is NCC1(F)CCN(c2ccccc2O)C1. The Morgan fingerprint density at radius 2 is 2.20 bits per heavy atom. The molecule has 0 spiro atoms. The van der Waals surface area contributed by atoms with Crippen molar-refractivity contribution in [1.29, 1.82) is 0 Å². The van der Waals surface area contributed by atoms with Crippen LogP contribution >= 0.6 is 0 Å². The van der Waals surface area contributed by atoms with Gasteiger partial charge in [-0.1, -0.05) is 12.1 Å². The van der Waals surface area contributed by atoms with Crippen LogP contribution in [0.3, 0.4) is 0 Å². The summed E-state index contributed by atoms with van der Waals surface area (Å²) in [6, 6.07) is 6.98. The minimum atomic E-state index is -1.30. The number of phenolic OH excluding ortho intramolecular Hbond substituents is 1. The maximum Gasteiger partial charge on any atom is 0.142 e. The number of aromatic hydroxyl groups is 1. The molecule has 0 radical (unpaired) electrons. The second-order valence-electron chi connectivity index (χ2n) is 4.02. The van der Waals surface area contributed by atoms with E-state index in [0.29, 0.717) is 18.7 Å². The minimum absolute atomic E-state index is 0.0388. The van der Waals surface area contributed by atoms with Crippen LogP contribution in [-0.4, -0.2) is 30.4 Å². The Morgan fingerprint density at radius 3 is 2.80 bits per heavy atom. The van der Waals surface area contributed by atoms with Crippen LogP contribution in [0, 0.1) is 0 Å². The van der Waals surface area contributed by atoms with Gasteiger partial charge in [-0.2, -0.15) is 0 Å². The van der Waals surface area contributed by atoms with Gasteiger partial charge < -0.3 is 15.7 Å². The topological polar surface area (TPSA) is 49.5 Å². The zero-order chi connectivity index (χ0) is 10.9. The van der Waals surface area contributed by atoms with E-state index >= 15 is 0 Å². The van der Waals surface area contributed by atoms with Gasteiger partial charge in [-0.15, -0.1) is 0 Å². The van der Waals surface area contributed by atoms with E-state index in [9.17, 15) is 9.50 Å². The molecule has 0 saturated carbocycles. The molecule has 0 aliphatic carbocycles. The van der Waals surface area contributed by atoms with Gasteiger partial charge in [0.15, 0.2) is 0 Å². The highest BCUT2D eigenvalue weighted by molar-refractivity contribution is 5.58. The molecule has 0 bridgehead atoms. The Kier molecular flexibility index (Phi) is 2.52. The third kappa shape index (κ3) is 1.90. The zero-order valence-electron chi connectivity index (χ0n) is 8.49. The Balaban J connectivity index is 2.18. The molecular weight excluding hydrogens is 195 g/mol. The normalized spacial score (nSPS) is 25.9. The Hall–Kier alpha value is -1.29. The van der Waals surface area contributed by atoms with Crippen molar-refractivity contribution in [3.8, 4) is 5.75 Å². The van der Waals surface area contributed by atoms with Gasteiger partial charge in [0.2, 0.25) is 0 Å². The van der Waals surface area contributed by atoms with E-state index in [0.717, 1.165) is 0 Å². The second-order valence-corrected chi connectivity index (χ2v) is 4.02. The first kappa shape index (κ1) is 10.2. The smallest absolute Gasteiger partial charge is 0.142 e. The summed E-state index contributed by atoms with van der Waals surface area (Å²) in [6.45, 7) is 0.906. The van der Waals surface area contributed by atoms with Crippen LogP contribution < -0.4 is 10.6 Å². The number of alkyl halides is 1. The Labute approximate surface area is 88.3 Å². The summed E-state index contributed by atoms with van der Waals surface area (Å²) in [6.07, 6.45) is 0.428. The fourth-order valence-electron chi connectivity index (χ4n) is 1.94. The van der Waals surface area contributed by atoms with Crippen LogP contribution in [-0.2, 0) is 0 Å². The van der Waals surface area contributed by atoms with E-state index in [2.05, 4.69) is 0 Å². The van der Waals surface area contributed by atoms with Crippen molar-refractivity contribution in [1.82, 2.24) is 0 Å². The minimum Gasteiger partial charge on any atom is -0.506 e. The first-order valence-corrected chi connectivity index (χ1v) is 5.06. The molecule has 1 aromatic carbocycles. The molecule has 1 aliphatic heterocycles. The summed E-state index contributed by atoms with van der Waals surface area (Å²) >= 11 is 0. The number of phenols is 1. The molecule has 1 atom stereocenters. The van der Waals surface area contributed by atoms with Gasteiger partial charge >= 0.3 is 0 Å². The van der Waals surface area contributed by atoms with Crippen LogP contribution in [0.25, 0.3) is 0 Å². The summed E-state index contributed by atoms with van der Waals surface area (Å²) < 4.78 is 13.9. The summed E-state index contributed by atoms with van der Waals surface area (Å²) in [5.41, 5.74) is 4.76. The summed E-state index contributed by atoms with van der Waals surface area (Å²) in [4.78, 5) is 1.84. The molecular formula is C11H15FN2O. The van der Waals surface area contributed by atoms with E-state index in [1.165, 1.54) is 0 Å². The number of hydrogen-bond donors (Lipinski definition) is 2. The lowest BCUT2D eigenvalue weighted by molar-refractivity contribution is 0.204. The Morgan fingerprint density at radius 1 is 1.47 bits per heavy atom. The maximum absolute atomic E-state index is 13.9. The molecule has 1 saturated heterocycles. The number of benzene rings is 1. The second kappa shape index (κ2) is 3.70. The average Bonchev–Trinajstić information content (AvgIpc) is 2.63. The molecule has 4 heteroatoms. The molecule has 15 heavy (non-hydrogen) atoms. The van der Waals surface area contributed by atoms with Crippen LogP contribution in [0.5, 0.6) is 5.75 Å². The molecule has 0 aromatic heterocycles. The van der Waals surface area contributed by atoms with Crippen molar-refractivity contribution < 1.29 is 9.50 Å². The lowest BCUT2D eigenvalue weighted by atomic mass is 10.1. The zero-order valence-corrected chi connectivity index (χ0v) is 8.49. The highest BCUT2D eigenvalue weighted by Gasteiger charge is 2.37. The first-order valence-electron chi connectivity index (χ1n) is 5.06. The van der Waals surface area contributed by atoms with Gasteiger partial charge in [-0.3, -0.25) is 0 Å². The highest BCUT2D eigenvalue weighted by Crippen LogP contribution is 2.33. The summed E-state index contributed by atoms with van der Waals surface area (Å²) in [5.74, 6) is 0.193. The van der Waals surface area contributed by atoms with Crippen LogP contribution in [0.4, 0.5) is 10.1 Å². The van der Waals surface area contributed by atoms with E-state index in [1.54, 1.807) is 18.2 Å². The fourth-order valence-corrected chi connectivity index (χ4v) is 1.94. The monoisotopic (exact) mass is 210 g/mol. The molecule has 1 fully saturated rings. The van der Waals surface area contributed by atoms with Gasteiger partial charge in [0.25, 0.3) is 0 Å². The molecule has 1 unspecified atom stereocenters. The van der Waals surface area contributed by atoms with E-state index in [1.807, 2.05) is 11.0 Å². The standard InChI is InChI=1S/C11H15FN2O/c12-11(7-13)5-6-14(8-11)9-3-1-2-4-10(9)15/h1-4,15H,5-8,13H2. The van der Waals surface area contributed by atoms with E-state index in [-0.39, 0.29) is 18.8 Å². The maximum atomic E-state index is 13.9. The van der Waals surface area contributed by atoms with Crippen molar-refractivity contribution in [2.75, 3.05) is 24.5 Å². The molecule has 1 aromatic rings. The molecule has 1 aliphatic rings. The van der Waals surface area contributed by atoms with Crippen LogP contribution in [0.2, 0.25) is 0 Å². The number of anilines is 1. The quantitative estimate of drug-likeness (QED) is 0.772. The molecule has 3 nitrogen and oxygen atoms in total. The molecule has 0 amide bonds. The first-order chi connectivity index (χ1) is 7.14. The van der Waals surface area contributed by atoms with Crippen molar-refractivity contribution in [3.63, 3.8) is 0 Å². The molecule has 1 heterocycles. The van der Waals surface area contributed by atoms with E-state index in [4.69, 9.17) is 5.73 Å². The number of para-hydroxylation sites is 2. The lowest BCUT2D eigenvalue weighted by Gasteiger charge is -2.21. The molecule has 2 rings (SSSR count). The molecule has 82 valence electrons.